The highest BCUT2D eigenvalue weighted by Crippen LogP contribution is 2.27. The van der Waals surface area contributed by atoms with Gasteiger partial charge in [0.2, 0.25) is 0 Å². The van der Waals surface area contributed by atoms with Crippen molar-refractivity contribution in [1.29, 1.82) is 0 Å². The maximum Gasteiger partial charge on any atom is 0.337 e. The van der Waals surface area contributed by atoms with E-state index >= 15 is 0 Å². The van der Waals surface area contributed by atoms with E-state index in [1.807, 2.05) is 5.32 Å². The monoisotopic (exact) mass is 266 g/mol. The first-order valence-electron chi connectivity index (χ1n) is 4.77. The molecule has 1 rings (SSSR count). The molecule has 0 aliphatic heterocycles. The van der Waals surface area contributed by atoms with Gasteiger partial charge in [0, 0.05) is 0 Å². The van der Waals surface area contributed by atoms with Crippen molar-refractivity contribution in [3.8, 4) is 0 Å². The Balaban J connectivity index is 2.95. The van der Waals surface area contributed by atoms with Crippen molar-refractivity contribution in [2.24, 2.45) is 0 Å². The number of carbonyl (C=O) groups is 1. The molecule has 0 radical (unpaired) electrons. The molecule has 0 saturated heterocycles. The first-order valence-corrected chi connectivity index (χ1v) is 4.77. The third kappa shape index (κ3) is 3.02. The minimum atomic E-state index is -4.27. The zero-order valence-electron chi connectivity index (χ0n) is 8.96. The van der Waals surface area contributed by atoms with Crippen molar-refractivity contribution in [3.63, 3.8) is 0 Å². The van der Waals surface area contributed by atoms with Crippen LogP contribution in [0.25, 0.3) is 0 Å². The minimum Gasteiger partial charge on any atom is -0.478 e. The second-order valence-corrected chi connectivity index (χ2v) is 3.49. The molecule has 0 aliphatic carbocycles. The fourth-order valence-corrected chi connectivity index (χ4v) is 1.23. The molecule has 1 aromatic rings. The van der Waals surface area contributed by atoms with E-state index in [-0.39, 0.29) is 16.9 Å². The Bertz CT molecular complexity index is 452. The van der Waals surface area contributed by atoms with Gasteiger partial charge in [-0.25, -0.2) is 13.6 Å². The molecule has 8 heteroatoms. The summed E-state index contributed by atoms with van der Waals surface area (Å²) in [5, 5.41) is 10.7. The summed E-state index contributed by atoms with van der Waals surface area (Å²) >= 11 is 0. The van der Waals surface area contributed by atoms with Crippen molar-refractivity contribution < 1.29 is 27.5 Å². The minimum absolute atomic E-state index is 0.111. The highest BCUT2D eigenvalue weighted by Gasteiger charge is 2.40. The molecule has 0 bridgehead atoms. The number of nitrogens with one attached hydrogen (secondary N) is 1. The Morgan fingerprint density at radius 3 is 2.56 bits per heavy atom. The third-order valence-corrected chi connectivity index (χ3v) is 2.15. The lowest BCUT2D eigenvalue weighted by molar-refractivity contribution is -0.117. The average molecular weight is 266 g/mol. The van der Waals surface area contributed by atoms with Gasteiger partial charge in [0.1, 0.15) is 0 Å². The number of aromatic carboxylic acids is 1. The van der Waals surface area contributed by atoms with Crippen molar-refractivity contribution >= 4 is 17.3 Å². The number of carboxylic acids is 1. The smallest absolute Gasteiger partial charge is 0.337 e. The number of halogens is 4. The lowest BCUT2D eigenvalue weighted by atomic mass is 10.1. The van der Waals surface area contributed by atoms with Crippen LogP contribution in [-0.4, -0.2) is 30.0 Å². The van der Waals surface area contributed by atoms with Crippen LogP contribution in [0.5, 0.6) is 0 Å². The summed E-state index contributed by atoms with van der Waals surface area (Å²) in [6.45, 7) is -1.40. The quantitative estimate of drug-likeness (QED) is 0.564. The molecule has 0 aliphatic rings. The molecule has 1 aromatic carbocycles. The summed E-state index contributed by atoms with van der Waals surface area (Å²) in [5.41, 5.74) is 4.63. The zero-order valence-corrected chi connectivity index (χ0v) is 8.96. The lowest BCUT2D eigenvalue weighted by Crippen LogP contribution is -2.35. The predicted octanol–water partition coefficient (Wildman–Crippen LogP) is 2.28. The average Bonchev–Trinajstić information content (AvgIpc) is 2.26. The van der Waals surface area contributed by atoms with Gasteiger partial charge < -0.3 is 16.2 Å². The summed E-state index contributed by atoms with van der Waals surface area (Å²) in [6, 6.07) is 3.71. The molecule has 0 saturated carbocycles. The molecule has 0 fully saturated rings. The van der Waals surface area contributed by atoms with Gasteiger partial charge in [0.05, 0.1) is 23.5 Å². The number of carboxylic acid groups (broad SMARTS) is 1. The highest BCUT2D eigenvalue weighted by molar-refractivity contribution is 5.97. The SMILES string of the molecule is Nc1cccc(C(=O)O)c1NCC(F)(F)C(F)F. The second-order valence-electron chi connectivity index (χ2n) is 3.49. The molecule has 18 heavy (non-hydrogen) atoms. The standard InChI is InChI=1S/C10H10F4N2O2/c11-9(12)10(13,14)4-16-7-5(8(17)18)2-1-3-6(7)15/h1-3,9,16H,4,15H2,(H,17,18). The number of benzene rings is 1. The van der Waals surface area contributed by atoms with E-state index in [4.69, 9.17) is 10.8 Å². The van der Waals surface area contributed by atoms with Crippen molar-refractivity contribution in [3.05, 3.63) is 23.8 Å². The topological polar surface area (TPSA) is 75.4 Å². The first kappa shape index (κ1) is 14.1. The summed E-state index contributed by atoms with van der Waals surface area (Å²) in [7, 11) is 0. The van der Waals surface area contributed by atoms with E-state index in [2.05, 4.69) is 0 Å². The number of nitrogens with two attached hydrogens (primary N) is 1. The van der Waals surface area contributed by atoms with Gasteiger partial charge in [-0.15, -0.1) is 0 Å². The molecule has 100 valence electrons. The van der Waals surface area contributed by atoms with Crippen LogP contribution in [0.1, 0.15) is 10.4 Å². The molecular formula is C10H10F4N2O2. The molecule has 0 unspecified atom stereocenters. The Labute approximate surface area is 99.4 Å². The molecule has 4 N–H and O–H groups in total. The van der Waals surface area contributed by atoms with Gasteiger partial charge in [-0.2, -0.15) is 8.78 Å². The Morgan fingerprint density at radius 1 is 1.44 bits per heavy atom. The van der Waals surface area contributed by atoms with E-state index in [0.717, 1.165) is 6.07 Å². The molecule has 0 atom stereocenters. The summed E-state index contributed by atoms with van der Waals surface area (Å²) in [5.74, 6) is -5.66. The van der Waals surface area contributed by atoms with E-state index in [1.54, 1.807) is 0 Å². The molecular weight excluding hydrogens is 256 g/mol. The first-order chi connectivity index (χ1) is 8.25. The lowest BCUT2D eigenvalue weighted by Gasteiger charge is -2.18. The van der Waals surface area contributed by atoms with Gasteiger partial charge >= 0.3 is 18.3 Å². The molecule has 0 heterocycles. The van der Waals surface area contributed by atoms with Crippen LogP contribution < -0.4 is 11.1 Å². The van der Waals surface area contributed by atoms with Crippen molar-refractivity contribution in [2.75, 3.05) is 17.6 Å². The number of hydrogen-bond donors (Lipinski definition) is 3. The van der Waals surface area contributed by atoms with Gasteiger partial charge in [-0.1, -0.05) is 6.07 Å². The number of nitrogen functional groups attached to an aromatic ring is 1. The van der Waals surface area contributed by atoms with Crippen LogP contribution in [0.4, 0.5) is 28.9 Å². The van der Waals surface area contributed by atoms with E-state index < -0.39 is 24.9 Å². The van der Waals surface area contributed by atoms with E-state index in [9.17, 15) is 22.4 Å². The number of hydrogen-bond acceptors (Lipinski definition) is 3. The van der Waals surface area contributed by atoms with Crippen LogP contribution >= 0.6 is 0 Å². The van der Waals surface area contributed by atoms with Crippen LogP contribution in [0.3, 0.4) is 0 Å². The predicted molar refractivity (Wildman–Crippen MR) is 57.3 cm³/mol. The van der Waals surface area contributed by atoms with Gasteiger partial charge in [-0.05, 0) is 12.1 Å². The van der Waals surface area contributed by atoms with Gasteiger partial charge in [0.25, 0.3) is 0 Å². The zero-order chi connectivity index (χ0) is 13.9. The largest absolute Gasteiger partial charge is 0.478 e. The number of alkyl halides is 4. The normalized spacial score (nSPS) is 11.6. The fraction of sp³-hybridized carbons (Fsp3) is 0.300. The number of para-hydroxylation sites is 1. The summed E-state index contributed by atoms with van der Waals surface area (Å²) in [4.78, 5) is 10.8. The molecule has 0 aromatic heterocycles. The maximum atomic E-state index is 12.7. The van der Waals surface area contributed by atoms with Gasteiger partial charge in [-0.3, -0.25) is 0 Å². The molecule has 0 amide bonds. The van der Waals surface area contributed by atoms with Crippen LogP contribution in [-0.2, 0) is 0 Å². The van der Waals surface area contributed by atoms with E-state index in [1.165, 1.54) is 12.1 Å². The van der Waals surface area contributed by atoms with E-state index in [0.29, 0.717) is 0 Å². The number of anilines is 2. The summed E-state index contributed by atoms with van der Waals surface area (Å²) < 4.78 is 49.3. The Kier molecular flexibility index (Phi) is 4.00. The van der Waals surface area contributed by atoms with Crippen molar-refractivity contribution in [1.82, 2.24) is 0 Å². The van der Waals surface area contributed by atoms with Crippen LogP contribution in [0, 0.1) is 0 Å². The third-order valence-electron chi connectivity index (χ3n) is 2.15. The molecule has 4 nitrogen and oxygen atoms in total. The van der Waals surface area contributed by atoms with Crippen LogP contribution in [0.2, 0.25) is 0 Å². The number of rotatable bonds is 5. The Morgan fingerprint density at radius 2 is 2.06 bits per heavy atom. The highest BCUT2D eigenvalue weighted by atomic mass is 19.3. The van der Waals surface area contributed by atoms with Crippen molar-refractivity contribution in [2.45, 2.75) is 12.3 Å². The second kappa shape index (κ2) is 5.11. The molecule has 0 spiro atoms. The Hall–Kier alpha value is -1.99. The summed E-state index contributed by atoms with van der Waals surface area (Å²) in [6.07, 6.45) is -3.84. The van der Waals surface area contributed by atoms with Gasteiger partial charge in [0.15, 0.2) is 0 Å². The fourth-order valence-electron chi connectivity index (χ4n) is 1.23. The van der Waals surface area contributed by atoms with Crippen LogP contribution in [0.15, 0.2) is 18.2 Å². The maximum absolute atomic E-state index is 12.7.